The molecule has 0 radical (unpaired) electrons. The summed E-state index contributed by atoms with van der Waals surface area (Å²) in [6, 6.07) is 21.6. The minimum absolute atomic E-state index is 0.285. The topological polar surface area (TPSA) is 98.1 Å². The van der Waals surface area contributed by atoms with Gasteiger partial charge in [-0.3, -0.25) is 4.79 Å². The maximum absolute atomic E-state index is 13.3. The summed E-state index contributed by atoms with van der Waals surface area (Å²) in [6.07, 6.45) is 0. The lowest BCUT2D eigenvalue weighted by Crippen LogP contribution is -2.41. The van der Waals surface area contributed by atoms with E-state index in [-0.39, 0.29) is 11.7 Å². The van der Waals surface area contributed by atoms with E-state index in [1.807, 2.05) is 30.3 Å². The van der Waals surface area contributed by atoms with Crippen LogP contribution in [0.25, 0.3) is 11.4 Å². The molecule has 1 aliphatic rings. The largest absolute Gasteiger partial charge is 0.465 e. The van der Waals surface area contributed by atoms with Crippen molar-refractivity contribution in [3.8, 4) is 11.4 Å². The van der Waals surface area contributed by atoms with E-state index in [1.54, 1.807) is 28.9 Å². The number of hydrogen-bond acceptors (Lipinski definition) is 7. The minimum atomic E-state index is -0.635. The molecular formula is C25H20FN5O3S. The van der Waals surface area contributed by atoms with Gasteiger partial charge in [-0.1, -0.05) is 54.2 Å². The van der Waals surface area contributed by atoms with Gasteiger partial charge in [-0.25, -0.2) is 13.9 Å². The number of carbonyl (C=O) groups excluding carboxylic acids is 2. The Bertz CT molecular complexity index is 1360. The Morgan fingerprint density at radius 3 is 2.40 bits per heavy atom. The van der Waals surface area contributed by atoms with E-state index in [2.05, 4.69) is 20.9 Å². The van der Waals surface area contributed by atoms with Crippen LogP contribution in [-0.2, 0) is 9.53 Å². The van der Waals surface area contributed by atoms with Crippen molar-refractivity contribution >= 4 is 29.3 Å². The molecular weight excluding hydrogens is 469 g/mol. The van der Waals surface area contributed by atoms with Gasteiger partial charge in [0.05, 0.1) is 18.7 Å². The number of nitrogens with one attached hydrogen (secondary N) is 2. The fourth-order valence-electron chi connectivity index (χ4n) is 3.77. The molecule has 0 saturated heterocycles. The van der Waals surface area contributed by atoms with E-state index in [1.165, 1.54) is 43.1 Å². The molecule has 8 nitrogen and oxygen atoms in total. The Morgan fingerprint density at radius 2 is 1.71 bits per heavy atom. The van der Waals surface area contributed by atoms with Crippen LogP contribution in [0.4, 0.5) is 10.1 Å². The van der Waals surface area contributed by atoms with Gasteiger partial charge in [0.15, 0.2) is 5.82 Å². The Morgan fingerprint density at radius 1 is 1.00 bits per heavy atom. The van der Waals surface area contributed by atoms with Crippen LogP contribution in [0.2, 0.25) is 0 Å². The molecule has 2 N–H and O–H groups in total. The summed E-state index contributed by atoms with van der Waals surface area (Å²) in [5, 5.41) is 11.4. The second-order valence-corrected chi connectivity index (χ2v) is 8.87. The van der Waals surface area contributed by atoms with Gasteiger partial charge in [-0.05, 0) is 42.0 Å². The molecule has 2 heterocycles. The van der Waals surface area contributed by atoms with Crippen LogP contribution < -0.4 is 10.7 Å². The monoisotopic (exact) mass is 489 g/mol. The number of hydrogen-bond donors (Lipinski definition) is 2. The van der Waals surface area contributed by atoms with Gasteiger partial charge in [-0.2, -0.15) is 0 Å². The Labute approximate surface area is 204 Å². The summed E-state index contributed by atoms with van der Waals surface area (Å²) in [7, 11) is 1.32. The number of methoxy groups -OCH3 is 1. The Hall–Kier alpha value is -4.18. The van der Waals surface area contributed by atoms with Gasteiger partial charge in [0.1, 0.15) is 11.1 Å². The number of anilines is 1. The van der Waals surface area contributed by atoms with E-state index in [0.717, 1.165) is 11.1 Å². The smallest absolute Gasteiger partial charge is 0.337 e. The van der Waals surface area contributed by atoms with Crippen LogP contribution in [0.5, 0.6) is 0 Å². The summed E-state index contributed by atoms with van der Waals surface area (Å²) < 4.78 is 19.9. The molecule has 0 saturated carbocycles. The molecule has 2 unspecified atom stereocenters. The predicted octanol–water partition coefficient (Wildman–Crippen LogP) is 4.27. The molecule has 0 fully saturated rings. The molecule has 5 rings (SSSR count). The first kappa shape index (κ1) is 22.6. The lowest BCUT2D eigenvalue weighted by atomic mass is 10.0. The lowest BCUT2D eigenvalue weighted by molar-refractivity contribution is -0.116. The van der Waals surface area contributed by atoms with Gasteiger partial charge in [0.2, 0.25) is 11.1 Å². The highest BCUT2D eigenvalue weighted by Crippen LogP contribution is 2.39. The number of thioether (sulfide) groups is 1. The number of nitrogens with zero attached hydrogens (tertiary/aromatic N) is 3. The first-order chi connectivity index (χ1) is 17.0. The molecule has 2 atom stereocenters. The summed E-state index contributed by atoms with van der Waals surface area (Å²) in [5.41, 5.74) is 5.92. The maximum Gasteiger partial charge on any atom is 0.337 e. The predicted molar refractivity (Wildman–Crippen MR) is 130 cm³/mol. The third-order valence-electron chi connectivity index (χ3n) is 5.53. The number of benzene rings is 3. The molecule has 4 aromatic rings. The van der Waals surface area contributed by atoms with E-state index >= 15 is 0 Å². The Kier molecular flexibility index (Phi) is 6.19. The molecule has 1 amide bonds. The number of aromatic nitrogens is 3. The third-order valence-corrected chi connectivity index (χ3v) is 6.74. The van der Waals surface area contributed by atoms with Gasteiger partial charge < -0.3 is 15.5 Å². The second kappa shape index (κ2) is 9.59. The number of rotatable bonds is 5. The summed E-state index contributed by atoms with van der Waals surface area (Å²) in [6.45, 7) is 0. The molecule has 176 valence electrons. The lowest BCUT2D eigenvalue weighted by Gasteiger charge is -2.33. The van der Waals surface area contributed by atoms with Crippen LogP contribution in [-0.4, -0.2) is 39.1 Å². The quantitative estimate of drug-likeness (QED) is 0.404. The highest BCUT2D eigenvalue weighted by Gasteiger charge is 2.38. The zero-order chi connectivity index (χ0) is 24.4. The van der Waals surface area contributed by atoms with E-state index in [0.29, 0.717) is 22.2 Å². The maximum atomic E-state index is 13.3. The van der Waals surface area contributed by atoms with Crippen molar-refractivity contribution in [3.05, 3.63) is 95.8 Å². The molecule has 0 aliphatic carbocycles. The van der Waals surface area contributed by atoms with E-state index in [9.17, 15) is 14.0 Å². The van der Waals surface area contributed by atoms with E-state index in [4.69, 9.17) is 4.74 Å². The number of fused-ring (bicyclic) bond motifs is 1. The van der Waals surface area contributed by atoms with Gasteiger partial charge in [-0.15, -0.1) is 10.2 Å². The summed E-state index contributed by atoms with van der Waals surface area (Å²) in [5.74, 6) is -0.504. The highest BCUT2D eigenvalue weighted by atomic mass is 32.2. The van der Waals surface area contributed by atoms with Crippen molar-refractivity contribution in [1.29, 1.82) is 0 Å². The van der Waals surface area contributed by atoms with Crippen molar-refractivity contribution < 1.29 is 18.7 Å². The van der Waals surface area contributed by atoms with Crippen LogP contribution in [0.1, 0.15) is 22.0 Å². The molecule has 3 aromatic carbocycles. The average molecular weight is 490 g/mol. The fraction of sp³-hybridized carbons (Fsp3) is 0.120. The molecule has 1 aliphatic heterocycles. The van der Waals surface area contributed by atoms with Crippen LogP contribution in [0, 0.1) is 5.82 Å². The molecule has 10 heteroatoms. The van der Waals surface area contributed by atoms with Crippen molar-refractivity contribution in [3.63, 3.8) is 0 Å². The fourth-order valence-corrected chi connectivity index (χ4v) is 4.85. The molecule has 35 heavy (non-hydrogen) atoms. The zero-order valence-corrected chi connectivity index (χ0v) is 19.3. The van der Waals surface area contributed by atoms with Crippen molar-refractivity contribution in [1.82, 2.24) is 14.9 Å². The SMILES string of the molecule is COC(=O)c1ccc(C2Nn3c(nnc3-c3ccccc3)SC2C(=O)Nc2ccc(F)cc2)cc1. The Balaban J connectivity index is 1.50. The molecule has 0 spiro atoms. The van der Waals surface area contributed by atoms with Crippen molar-refractivity contribution in [2.75, 3.05) is 17.9 Å². The first-order valence-corrected chi connectivity index (χ1v) is 11.6. The van der Waals surface area contributed by atoms with Crippen LogP contribution in [0.3, 0.4) is 0 Å². The van der Waals surface area contributed by atoms with Gasteiger partial charge in [0, 0.05) is 11.3 Å². The van der Waals surface area contributed by atoms with Crippen LogP contribution >= 0.6 is 11.8 Å². The molecule has 1 aromatic heterocycles. The zero-order valence-electron chi connectivity index (χ0n) is 18.5. The minimum Gasteiger partial charge on any atom is -0.465 e. The van der Waals surface area contributed by atoms with Crippen molar-refractivity contribution in [2.45, 2.75) is 16.4 Å². The second-order valence-electron chi connectivity index (χ2n) is 7.76. The first-order valence-electron chi connectivity index (χ1n) is 10.7. The highest BCUT2D eigenvalue weighted by molar-refractivity contribution is 8.00. The van der Waals surface area contributed by atoms with Crippen molar-refractivity contribution in [2.24, 2.45) is 0 Å². The van der Waals surface area contributed by atoms with Gasteiger partial charge >= 0.3 is 5.97 Å². The van der Waals surface area contributed by atoms with E-state index < -0.39 is 17.3 Å². The number of esters is 1. The summed E-state index contributed by atoms with van der Waals surface area (Å²) >= 11 is 1.27. The number of halogens is 1. The van der Waals surface area contributed by atoms with Gasteiger partial charge in [0.25, 0.3) is 0 Å². The normalized spacial score (nSPS) is 16.6. The van der Waals surface area contributed by atoms with Crippen LogP contribution in [0.15, 0.2) is 84.0 Å². The third kappa shape index (κ3) is 4.60. The number of ether oxygens (including phenoxy) is 1. The molecule has 0 bridgehead atoms. The average Bonchev–Trinajstić information content (AvgIpc) is 3.32. The summed E-state index contributed by atoms with van der Waals surface area (Å²) in [4.78, 5) is 25.2. The standard InChI is InChI=1S/C25H20FN5O3S/c1-34-24(33)17-9-7-15(8-10-17)20-21(23(32)27-19-13-11-18(26)12-14-19)35-25-29-28-22(31(25)30-20)16-5-3-2-4-6-16/h2-14,20-21,30H,1H3,(H,27,32). The number of carbonyl (C=O) groups is 2. The number of amides is 1.